The van der Waals surface area contributed by atoms with Gasteiger partial charge in [0, 0.05) is 26.1 Å². The predicted octanol–water partition coefficient (Wildman–Crippen LogP) is 1.01. The zero-order valence-electron chi connectivity index (χ0n) is 10.5. The molecule has 16 heavy (non-hydrogen) atoms. The molecule has 4 nitrogen and oxygen atoms in total. The maximum atomic E-state index is 11.8. The largest absolute Gasteiger partial charge is 0.378 e. The lowest BCUT2D eigenvalue weighted by Crippen LogP contribution is -2.41. The van der Waals surface area contributed by atoms with E-state index in [-0.39, 0.29) is 0 Å². The van der Waals surface area contributed by atoms with E-state index >= 15 is 0 Å². The second kappa shape index (κ2) is 7.63. The van der Waals surface area contributed by atoms with Crippen LogP contribution >= 0.6 is 0 Å². The van der Waals surface area contributed by atoms with E-state index in [4.69, 9.17) is 4.74 Å². The van der Waals surface area contributed by atoms with Crippen LogP contribution in [0, 0.1) is 0 Å². The molecular formula is C12H24N2O2. The number of likely N-dealkylation sites (tertiary alicyclic amines) is 1. The third-order valence-corrected chi connectivity index (χ3v) is 3.01. The highest BCUT2D eigenvalue weighted by atomic mass is 16.5. The lowest BCUT2D eigenvalue weighted by molar-refractivity contribution is -0.133. The molecule has 0 aromatic rings. The highest BCUT2D eigenvalue weighted by Crippen LogP contribution is 2.14. The van der Waals surface area contributed by atoms with Gasteiger partial charge in [-0.15, -0.1) is 0 Å². The van der Waals surface area contributed by atoms with Crippen LogP contribution in [-0.2, 0) is 9.53 Å². The Morgan fingerprint density at radius 3 is 2.69 bits per heavy atom. The summed E-state index contributed by atoms with van der Waals surface area (Å²) >= 11 is 0. The average Bonchev–Trinajstić information content (AvgIpc) is 2.30. The van der Waals surface area contributed by atoms with Crippen LogP contribution in [0.25, 0.3) is 0 Å². The number of ether oxygens (including phenoxy) is 1. The van der Waals surface area contributed by atoms with E-state index in [0.717, 1.165) is 45.5 Å². The predicted molar refractivity (Wildman–Crippen MR) is 64.4 cm³/mol. The Morgan fingerprint density at radius 2 is 2.12 bits per heavy atom. The summed E-state index contributed by atoms with van der Waals surface area (Å²) < 4.78 is 5.56. The third kappa shape index (κ3) is 4.49. The van der Waals surface area contributed by atoms with E-state index in [1.165, 1.54) is 0 Å². The van der Waals surface area contributed by atoms with Gasteiger partial charge in [0.1, 0.15) is 0 Å². The number of rotatable bonds is 6. The number of amides is 1. The minimum atomic E-state index is 0.296. The van der Waals surface area contributed by atoms with Crippen molar-refractivity contribution in [1.82, 2.24) is 10.2 Å². The summed E-state index contributed by atoms with van der Waals surface area (Å²) in [7, 11) is 1.91. The van der Waals surface area contributed by atoms with Gasteiger partial charge in [0.2, 0.25) is 5.91 Å². The smallest absolute Gasteiger partial charge is 0.222 e. The second-order valence-electron chi connectivity index (χ2n) is 4.24. The van der Waals surface area contributed by atoms with Gasteiger partial charge in [-0.25, -0.2) is 0 Å². The first-order chi connectivity index (χ1) is 7.77. The molecule has 1 heterocycles. The third-order valence-electron chi connectivity index (χ3n) is 3.01. The Balaban J connectivity index is 2.17. The summed E-state index contributed by atoms with van der Waals surface area (Å²) in [5.41, 5.74) is 0. The zero-order valence-corrected chi connectivity index (χ0v) is 10.5. The molecule has 4 heteroatoms. The number of nitrogens with one attached hydrogen (secondary N) is 1. The SMILES string of the molecule is CCOC1CCN(C(=O)CCCNC)CC1. The van der Waals surface area contributed by atoms with Gasteiger partial charge in [-0.2, -0.15) is 0 Å². The average molecular weight is 228 g/mol. The first-order valence-electron chi connectivity index (χ1n) is 6.32. The maximum absolute atomic E-state index is 11.8. The molecule has 0 atom stereocenters. The van der Waals surface area contributed by atoms with Crippen LogP contribution in [-0.4, -0.2) is 50.2 Å². The highest BCUT2D eigenvalue weighted by molar-refractivity contribution is 5.76. The van der Waals surface area contributed by atoms with Crippen LogP contribution in [0.15, 0.2) is 0 Å². The summed E-state index contributed by atoms with van der Waals surface area (Å²) in [5, 5.41) is 3.06. The molecule has 0 radical (unpaired) electrons. The monoisotopic (exact) mass is 228 g/mol. The lowest BCUT2D eigenvalue weighted by atomic mass is 10.1. The quantitative estimate of drug-likeness (QED) is 0.690. The van der Waals surface area contributed by atoms with Crippen molar-refractivity contribution < 1.29 is 9.53 Å². The van der Waals surface area contributed by atoms with E-state index < -0.39 is 0 Å². The normalized spacial score (nSPS) is 17.8. The van der Waals surface area contributed by atoms with Crippen molar-refractivity contribution in [2.75, 3.05) is 33.3 Å². The molecule has 1 amide bonds. The molecule has 1 saturated heterocycles. The molecule has 0 aliphatic carbocycles. The molecule has 1 fully saturated rings. The van der Waals surface area contributed by atoms with E-state index in [9.17, 15) is 4.79 Å². The van der Waals surface area contributed by atoms with Gasteiger partial charge in [-0.05, 0) is 39.8 Å². The molecular weight excluding hydrogens is 204 g/mol. The molecule has 1 N–H and O–H groups in total. The molecule has 1 rings (SSSR count). The maximum Gasteiger partial charge on any atom is 0.222 e. The van der Waals surface area contributed by atoms with E-state index in [1.54, 1.807) is 0 Å². The lowest BCUT2D eigenvalue weighted by Gasteiger charge is -2.31. The van der Waals surface area contributed by atoms with Gasteiger partial charge < -0.3 is 15.0 Å². The minimum absolute atomic E-state index is 0.296. The fraction of sp³-hybridized carbons (Fsp3) is 0.917. The Hall–Kier alpha value is -0.610. The van der Waals surface area contributed by atoms with Crippen LogP contribution in [0.1, 0.15) is 32.6 Å². The van der Waals surface area contributed by atoms with Crippen molar-refractivity contribution in [3.8, 4) is 0 Å². The molecule has 1 aliphatic heterocycles. The Kier molecular flexibility index (Phi) is 6.42. The van der Waals surface area contributed by atoms with Gasteiger partial charge >= 0.3 is 0 Å². The van der Waals surface area contributed by atoms with Crippen LogP contribution < -0.4 is 5.32 Å². The summed E-state index contributed by atoms with van der Waals surface area (Å²) in [6.07, 6.45) is 3.95. The topological polar surface area (TPSA) is 41.6 Å². The van der Waals surface area contributed by atoms with Crippen molar-refractivity contribution in [1.29, 1.82) is 0 Å². The van der Waals surface area contributed by atoms with Gasteiger partial charge in [0.25, 0.3) is 0 Å². The first kappa shape index (κ1) is 13.5. The summed E-state index contributed by atoms with van der Waals surface area (Å²) in [6, 6.07) is 0. The molecule has 0 spiro atoms. The molecule has 0 aromatic heterocycles. The fourth-order valence-corrected chi connectivity index (χ4v) is 2.08. The second-order valence-corrected chi connectivity index (χ2v) is 4.24. The minimum Gasteiger partial charge on any atom is -0.378 e. The summed E-state index contributed by atoms with van der Waals surface area (Å²) in [5.74, 6) is 0.296. The van der Waals surface area contributed by atoms with Gasteiger partial charge in [0.05, 0.1) is 6.10 Å². The highest BCUT2D eigenvalue weighted by Gasteiger charge is 2.22. The number of carbonyl (C=O) groups is 1. The molecule has 94 valence electrons. The molecule has 0 saturated carbocycles. The Bertz CT molecular complexity index is 201. The molecule has 0 aromatic carbocycles. The van der Waals surface area contributed by atoms with Crippen LogP contribution in [0.2, 0.25) is 0 Å². The van der Waals surface area contributed by atoms with E-state index in [2.05, 4.69) is 5.32 Å². The van der Waals surface area contributed by atoms with Gasteiger partial charge in [-0.1, -0.05) is 0 Å². The first-order valence-corrected chi connectivity index (χ1v) is 6.32. The standard InChI is InChI=1S/C12H24N2O2/c1-3-16-11-6-9-14(10-7-11)12(15)5-4-8-13-2/h11,13H,3-10H2,1-2H3. The Morgan fingerprint density at radius 1 is 1.44 bits per heavy atom. The van der Waals surface area contributed by atoms with Crippen molar-refractivity contribution in [2.45, 2.75) is 38.7 Å². The van der Waals surface area contributed by atoms with E-state index in [1.807, 2.05) is 18.9 Å². The zero-order chi connectivity index (χ0) is 11.8. The number of nitrogens with zero attached hydrogens (tertiary/aromatic N) is 1. The van der Waals surface area contributed by atoms with Crippen molar-refractivity contribution in [3.05, 3.63) is 0 Å². The number of carbonyl (C=O) groups excluding carboxylic acids is 1. The van der Waals surface area contributed by atoms with Crippen molar-refractivity contribution in [2.24, 2.45) is 0 Å². The fourth-order valence-electron chi connectivity index (χ4n) is 2.08. The number of hydrogen-bond acceptors (Lipinski definition) is 3. The molecule has 0 unspecified atom stereocenters. The number of hydrogen-bond donors (Lipinski definition) is 1. The molecule has 1 aliphatic rings. The van der Waals surface area contributed by atoms with Crippen LogP contribution in [0.4, 0.5) is 0 Å². The molecule has 0 bridgehead atoms. The Labute approximate surface area is 98.3 Å². The summed E-state index contributed by atoms with van der Waals surface area (Å²) in [6.45, 7) is 5.45. The number of piperidine rings is 1. The van der Waals surface area contributed by atoms with Crippen LogP contribution in [0.5, 0.6) is 0 Å². The van der Waals surface area contributed by atoms with E-state index in [0.29, 0.717) is 18.4 Å². The van der Waals surface area contributed by atoms with Crippen molar-refractivity contribution in [3.63, 3.8) is 0 Å². The van der Waals surface area contributed by atoms with Gasteiger partial charge in [-0.3, -0.25) is 4.79 Å². The van der Waals surface area contributed by atoms with Crippen LogP contribution in [0.3, 0.4) is 0 Å². The van der Waals surface area contributed by atoms with Crippen molar-refractivity contribution >= 4 is 5.91 Å². The summed E-state index contributed by atoms with van der Waals surface area (Å²) in [4.78, 5) is 13.8. The van der Waals surface area contributed by atoms with Gasteiger partial charge in [0.15, 0.2) is 0 Å².